The molecule has 1 aromatic carbocycles. The Kier molecular flexibility index (Phi) is 3.99. The molecule has 0 radical (unpaired) electrons. The van der Waals surface area contributed by atoms with E-state index in [1.807, 2.05) is 30.3 Å². The molecule has 0 saturated carbocycles. The Bertz CT molecular complexity index is 893. The number of amides is 1. The molecule has 4 rings (SSSR count). The first-order chi connectivity index (χ1) is 12.2. The van der Waals surface area contributed by atoms with Gasteiger partial charge in [0.15, 0.2) is 5.78 Å². The Morgan fingerprint density at radius 2 is 1.64 bits per heavy atom. The second-order valence-electron chi connectivity index (χ2n) is 6.67. The number of para-hydroxylation sites is 1. The van der Waals surface area contributed by atoms with Crippen molar-refractivity contribution >= 4 is 11.7 Å². The summed E-state index contributed by atoms with van der Waals surface area (Å²) in [5.41, 5.74) is 1.74. The second-order valence-corrected chi connectivity index (χ2v) is 6.67. The summed E-state index contributed by atoms with van der Waals surface area (Å²) in [6, 6.07) is 10.8. The Morgan fingerprint density at radius 3 is 2.36 bits per heavy atom. The number of carbonyl (C=O) groups is 2. The number of likely N-dealkylation sites (tertiary alicyclic amines) is 1. The molecule has 5 nitrogen and oxygen atoms in total. The molecule has 1 aliphatic carbocycles. The highest BCUT2D eigenvalue weighted by Crippen LogP contribution is 2.24. The predicted octanol–water partition coefficient (Wildman–Crippen LogP) is 2.59. The summed E-state index contributed by atoms with van der Waals surface area (Å²) in [6.07, 6.45) is 3.79. The van der Waals surface area contributed by atoms with Gasteiger partial charge in [0.25, 0.3) is 11.5 Å². The standard InChI is InChI=1S/C20H20N2O3/c23-18-10-6-9-17-15(18)13-16(19(24)21-11-4-5-12-21)20(25)22(17)14-7-2-1-3-8-14/h1-3,7-8,13H,4-6,9-12H2. The molecular formula is C20H20N2O3. The smallest absolute Gasteiger partial charge is 0.268 e. The minimum atomic E-state index is -0.323. The molecule has 0 bridgehead atoms. The van der Waals surface area contributed by atoms with Crippen LogP contribution >= 0.6 is 0 Å². The molecule has 1 amide bonds. The van der Waals surface area contributed by atoms with Crippen molar-refractivity contribution in [3.8, 4) is 5.69 Å². The third-order valence-corrected chi connectivity index (χ3v) is 5.06. The molecule has 2 heterocycles. The van der Waals surface area contributed by atoms with Crippen molar-refractivity contribution in [2.24, 2.45) is 0 Å². The molecule has 2 aliphatic rings. The van der Waals surface area contributed by atoms with Gasteiger partial charge in [-0.15, -0.1) is 0 Å². The van der Waals surface area contributed by atoms with Crippen molar-refractivity contribution in [3.05, 3.63) is 63.6 Å². The van der Waals surface area contributed by atoms with Crippen LogP contribution < -0.4 is 5.56 Å². The zero-order valence-corrected chi connectivity index (χ0v) is 14.0. The first-order valence-corrected chi connectivity index (χ1v) is 8.83. The maximum Gasteiger partial charge on any atom is 0.268 e. The van der Waals surface area contributed by atoms with Crippen molar-refractivity contribution in [3.63, 3.8) is 0 Å². The predicted molar refractivity (Wildman–Crippen MR) is 94.4 cm³/mol. The van der Waals surface area contributed by atoms with Gasteiger partial charge in [0.2, 0.25) is 0 Å². The van der Waals surface area contributed by atoms with E-state index < -0.39 is 0 Å². The molecule has 25 heavy (non-hydrogen) atoms. The van der Waals surface area contributed by atoms with Gasteiger partial charge in [-0.1, -0.05) is 18.2 Å². The number of nitrogens with zero attached hydrogens (tertiary/aromatic N) is 2. The number of rotatable bonds is 2. The number of pyridine rings is 1. The van der Waals surface area contributed by atoms with Crippen LogP contribution in [0.5, 0.6) is 0 Å². The lowest BCUT2D eigenvalue weighted by Crippen LogP contribution is -2.37. The minimum absolute atomic E-state index is 0.0152. The van der Waals surface area contributed by atoms with Gasteiger partial charge >= 0.3 is 0 Å². The third-order valence-electron chi connectivity index (χ3n) is 5.06. The number of carbonyl (C=O) groups excluding carboxylic acids is 2. The monoisotopic (exact) mass is 336 g/mol. The van der Waals surface area contributed by atoms with Crippen LogP contribution in [0.1, 0.15) is 52.1 Å². The average molecular weight is 336 g/mol. The zero-order valence-electron chi connectivity index (χ0n) is 14.0. The van der Waals surface area contributed by atoms with Crippen LogP contribution in [-0.4, -0.2) is 34.2 Å². The highest BCUT2D eigenvalue weighted by atomic mass is 16.2. The Morgan fingerprint density at radius 1 is 0.920 bits per heavy atom. The number of benzene rings is 1. The molecule has 2 aromatic rings. The molecule has 1 aromatic heterocycles. The van der Waals surface area contributed by atoms with Gasteiger partial charge in [-0.3, -0.25) is 19.0 Å². The largest absolute Gasteiger partial charge is 0.338 e. The number of Topliss-reactive ketones (excluding diaryl/α,β-unsaturated/α-hetero) is 1. The van der Waals surface area contributed by atoms with Crippen LogP contribution in [0.4, 0.5) is 0 Å². The van der Waals surface area contributed by atoms with E-state index in [4.69, 9.17) is 0 Å². The number of ketones is 1. The van der Waals surface area contributed by atoms with Crippen molar-refractivity contribution in [2.75, 3.05) is 13.1 Å². The van der Waals surface area contributed by atoms with Gasteiger partial charge in [0.1, 0.15) is 5.56 Å². The van der Waals surface area contributed by atoms with Crippen LogP contribution in [0.25, 0.3) is 5.69 Å². The maximum atomic E-state index is 13.2. The zero-order chi connectivity index (χ0) is 17.4. The van der Waals surface area contributed by atoms with E-state index in [1.54, 1.807) is 15.5 Å². The molecule has 0 atom stereocenters. The van der Waals surface area contributed by atoms with E-state index in [0.717, 1.165) is 25.0 Å². The molecule has 0 spiro atoms. The summed E-state index contributed by atoms with van der Waals surface area (Å²) in [5.74, 6) is -0.241. The lowest BCUT2D eigenvalue weighted by molar-refractivity contribution is 0.0790. The Labute approximate surface area is 145 Å². The fourth-order valence-corrected chi connectivity index (χ4v) is 3.79. The average Bonchev–Trinajstić information content (AvgIpc) is 3.16. The van der Waals surface area contributed by atoms with Crippen molar-refractivity contribution in [2.45, 2.75) is 32.1 Å². The van der Waals surface area contributed by atoms with E-state index in [2.05, 4.69) is 0 Å². The summed E-state index contributed by atoms with van der Waals surface area (Å²) < 4.78 is 1.57. The molecule has 5 heteroatoms. The lowest BCUT2D eigenvalue weighted by Gasteiger charge is -2.23. The first kappa shape index (κ1) is 15.8. The Balaban J connectivity index is 1.94. The van der Waals surface area contributed by atoms with E-state index in [-0.39, 0.29) is 22.8 Å². The van der Waals surface area contributed by atoms with Gasteiger partial charge in [-0.2, -0.15) is 0 Å². The SMILES string of the molecule is O=C1CCCc2c1cc(C(=O)N1CCCC1)c(=O)n2-c1ccccc1. The van der Waals surface area contributed by atoms with Crippen LogP contribution in [0.2, 0.25) is 0 Å². The lowest BCUT2D eigenvalue weighted by atomic mass is 9.92. The van der Waals surface area contributed by atoms with Gasteiger partial charge < -0.3 is 4.90 Å². The van der Waals surface area contributed by atoms with E-state index >= 15 is 0 Å². The van der Waals surface area contributed by atoms with Crippen LogP contribution in [0, 0.1) is 0 Å². The van der Waals surface area contributed by atoms with Crippen molar-refractivity contribution in [1.82, 2.24) is 9.47 Å². The minimum Gasteiger partial charge on any atom is -0.338 e. The van der Waals surface area contributed by atoms with E-state index in [9.17, 15) is 14.4 Å². The number of fused-ring (bicyclic) bond motifs is 1. The molecule has 1 fully saturated rings. The molecule has 0 unspecified atom stereocenters. The highest BCUT2D eigenvalue weighted by Gasteiger charge is 2.28. The highest BCUT2D eigenvalue weighted by molar-refractivity contribution is 6.02. The summed E-state index contributed by atoms with van der Waals surface area (Å²) in [7, 11) is 0. The maximum absolute atomic E-state index is 13.2. The summed E-state index contributed by atoms with van der Waals surface area (Å²) in [6.45, 7) is 1.35. The van der Waals surface area contributed by atoms with Crippen molar-refractivity contribution in [1.29, 1.82) is 0 Å². The topological polar surface area (TPSA) is 59.4 Å². The molecular weight excluding hydrogens is 316 g/mol. The quantitative estimate of drug-likeness (QED) is 0.847. The summed E-state index contributed by atoms with van der Waals surface area (Å²) >= 11 is 0. The summed E-state index contributed by atoms with van der Waals surface area (Å²) in [4.78, 5) is 40.1. The number of aromatic nitrogens is 1. The fraction of sp³-hybridized carbons (Fsp3) is 0.350. The normalized spacial score (nSPS) is 16.8. The van der Waals surface area contributed by atoms with Crippen molar-refractivity contribution < 1.29 is 9.59 Å². The van der Waals surface area contributed by atoms with Gasteiger partial charge in [0.05, 0.1) is 0 Å². The first-order valence-electron chi connectivity index (χ1n) is 8.83. The molecule has 1 saturated heterocycles. The second kappa shape index (κ2) is 6.31. The molecule has 1 aliphatic heterocycles. The molecule has 0 N–H and O–H groups in total. The van der Waals surface area contributed by atoms with Gasteiger partial charge in [-0.05, 0) is 43.9 Å². The van der Waals surface area contributed by atoms with E-state index in [0.29, 0.717) is 37.2 Å². The van der Waals surface area contributed by atoms with Crippen LogP contribution in [0.3, 0.4) is 0 Å². The van der Waals surface area contributed by atoms with Crippen LogP contribution in [0.15, 0.2) is 41.2 Å². The third kappa shape index (κ3) is 2.69. The summed E-state index contributed by atoms with van der Waals surface area (Å²) in [5, 5.41) is 0. The van der Waals surface area contributed by atoms with Crippen LogP contribution in [-0.2, 0) is 6.42 Å². The Hall–Kier alpha value is -2.69. The number of hydrogen-bond donors (Lipinski definition) is 0. The fourth-order valence-electron chi connectivity index (χ4n) is 3.79. The van der Waals surface area contributed by atoms with Gasteiger partial charge in [0, 0.05) is 36.5 Å². The van der Waals surface area contributed by atoms with E-state index in [1.165, 1.54) is 0 Å². The van der Waals surface area contributed by atoms with Gasteiger partial charge in [-0.25, -0.2) is 0 Å². The molecule has 128 valence electrons. The number of hydrogen-bond acceptors (Lipinski definition) is 3.